The van der Waals surface area contributed by atoms with Crippen LogP contribution in [0.25, 0.3) is 0 Å². The first-order valence-electron chi connectivity index (χ1n) is 7.82. The molecule has 0 amide bonds. The number of fused-ring (bicyclic) bond motifs is 1. The third-order valence-corrected chi connectivity index (χ3v) is 4.53. The maximum absolute atomic E-state index is 10.2. The van der Waals surface area contributed by atoms with E-state index < -0.39 is 0 Å². The molecular weight excluding hydrogens is 346 g/mol. The number of hydrogen-bond acceptors (Lipinski definition) is 4. The molecule has 0 aromatic heterocycles. The highest BCUT2D eigenvalue weighted by Gasteiger charge is 2.27. The van der Waals surface area contributed by atoms with Crippen LogP contribution in [0.5, 0.6) is 5.75 Å². The van der Waals surface area contributed by atoms with E-state index in [0.29, 0.717) is 24.5 Å². The molecule has 0 radical (unpaired) electrons. The molecule has 2 rings (SSSR count). The van der Waals surface area contributed by atoms with Gasteiger partial charge in [0.15, 0.2) is 0 Å². The van der Waals surface area contributed by atoms with Gasteiger partial charge in [-0.05, 0) is 78.3 Å². The predicted molar refractivity (Wildman–Crippen MR) is 92.6 cm³/mol. The summed E-state index contributed by atoms with van der Waals surface area (Å²) in [5.74, 6) is 0.812. The molecule has 22 heavy (non-hydrogen) atoms. The molecule has 1 aromatic rings. The number of aliphatic hydroxyl groups is 1. The second-order valence-corrected chi connectivity index (χ2v) is 6.29. The van der Waals surface area contributed by atoms with Crippen LogP contribution in [0.1, 0.15) is 48.8 Å². The zero-order valence-electron chi connectivity index (χ0n) is 13.4. The molecule has 0 aliphatic heterocycles. The van der Waals surface area contributed by atoms with Crippen LogP contribution in [0.15, 0.2) is 10.5 Å². The smallest absolute Gasteiger partial charge is 0.133 e. The van der Waals surface area contributed by atoms with Crippen LogP contribution in [0.3, 0.4) is 0 Å². The van der Waals surface area contributed by atoms with Gasteiger partial charge in [-0.1, -0.05) is 6.92 Å². The molecule has 1 aromatic carbocycles. The Bertz CT molecular complexity index is 491. The minimum Gasteiger partial charge on any atom is -0.506 e. The molecule has 1 atom stereocenters. The van der Waals surface area contributed by atoms with Gasteiger partial charge >= 0.3 is 0 Å². The Hall–Kier alpha value is -0.910. The Labute approximate surface area is 141 Å². The number of hydrogen-bond donors (Lipinski definition) is 3. The summed E-state index contributed by atoms with van der Waals surface area (Å²) < 4.78 is 0.749. The Morgan fingerprint density at radius 1 is 1.50 bits per heavy atom. The number of rotatable bonds is 6. The minimum atomic E-state index is 0.0786. The van der Waals surface area contributed by atoms with Crippen molar-refractivity contribution in [1.29, 1.82) is 0 Å². The lowest BCUT2D eigenvalue weighted by Crippen LogP contribution is -2.12. The van der Waals surface area contributed by atoms with Crippen LogP contribution in [-0.4, -0.2) is 36.7 Å². The molecule has 0 fully saturated rings. The van der Waals surface area contributed by atoms with Gasteiger partial charge in [0.05, 0.1) is 4.47 Å². The molecule has 5 heteroatoms. The summed E-state index contributed by atoms with van der Waals surface area (Å²) in [6.45, 7) is 2.88. The van der Waals surface area contributed by atoms with Gasteiger partial charge in [-0.25, -0.2) is 0 Å². The molecule has 0 bridgehead atoms. The Morgan fingerprint density at radius 3 is 2.73 bits per heavy atom. The van der Waals surface area contributed by atoms with Gasteiger partial charge in [0, 0.05) is 18.6 Å². The summed E-state index contributed by atoms with van der Waals surface area (Å²) in [7, 11) is 1.96. The van der Waals surface area contributed by atoms with Crippen molar-refractivity contribution in [1.82, 2.24) is 5.32 Å². The monoisotopic (exact) mass is 371 g/mol. The van der Waals surface area contributed by atoms with Crippen molar-refractivity contribution in [2.75, 3.05) is 20.2 Å². The van der Waals surface area contributed by atoms with Crippen molar-refractivity contribution < 1.29 is 15.0 Å². The number of aromatic hydroxyl groups is 1. The molecule has 0 spiro atoms. The second kappa shape index (κ2) is 9.98. The molecule has 4 nitrogen and oxygen atoms in total. The zero-order chi connectivity index (χ0) is 16.5. The van der Waals surface area contributed by atoms with E-state index in [0.717, 1.165) is 42.1 Å². The number of carbonyl (C=O) groups is 1. The second-order valence-electron chi connectivity index (χ2n) is 5.43. The number of aryl methyl sites for hydroxylation is 1. The van der Waals surface area contributed by atoms with Gasteiger partial charge in [0.2, 0.25) is 0 Å². The first-order chi connectivity index (χ1) is 10.6. The lowest BCUT2D eigenvalue weighted by Gasteiger charge is -2.17. The summed E-state index contributed by atoms with van der Waals surface area (Å²) in [6.07, 6.45) is 5.35. The van der Waals surface area contributed by atoms with E-state index in [-0.39, 0.29) is 6.61 Å². The average molecular weight is 372 g/mol. The van der Waals surface area contributed by atoms with E-state index >= 15 is 0 Å². The topological polar surface area (TPSA) is 69.6 Å². The third-order valence-electron chi connectivity index (χ3n) is 3.93. The highest BCUT2D eigenvalue weighted by atomic mass is 79.9. The van der Waals surface area contributed by atoms with Crippen LogP contribution in [-0.2, 0) is 17.6 Å². The van der Waals surface area contributed by atoms with Crippen molar-refractivity contribution in [3.63, 3.8) is 0 Å². The van der Waals surface area contributed by atoms with E-state index in [1.54, 1.807) is 0 Å². The minimum absolute atomic E-state index is 0.0786. The molecule has 124 valence electrons. The fourth-order valence-corrected chi connectivity index (χ4v) is 3.44. The molecule has 0 saturated carbocycles. The summed E-state index contributed by atoms with van der Waals surface area (Å²) in [5.41, 5.74) is 3.53. The number of phenols is 1. The van der Waals surface area contributed by atoms with Crippen LogP contribution in [0.2, 0.25) is 0 Å². The summed E-state index contributed by atoms with van der Waals surface area (Å²) in [6, 6.07) is 2.03. The van der Waals surface area contributed by atoms with E-state index in [2.05, 4.69) is 21.2 Å². The Balaban J connectivity index is 0.000000541. The number of aliphatic hydroxyl groups excluding tert-OH is 1. The number of benzene rings is 1. The van der Waals surface area contributed by atoms with Crippen molar-refractivity contribution in [3.8, 4) is 5.75 Å². The van der Waals surface area contributed by atoms with E-state index in [9.17, 15) is 15.0 Å². The van der Waals surface area contributed by atoms with Crippen LogP contribution >= 0.6 is 15.9 Å². The van der Waals surface area contributed by atoms with Gasteiger partial charge in [-0.15, -0.1) is 0 Å². The zero-order valence-corrected chi connectivity index (χ0v) is 14.9. The van der Waals surface area contributed by atoms with Gasteiger partial charge in [0.25, 0.3) is 0 Å². The van der Waals surface area contributed by atoms with E-state index in [1.165, 1.54) is 11.1 Å². The first kappa shape index (κ1) is 19.1. The van der Waals surface area contributed by atoms with Crippen molar-refractivity contribution in [2.45, 2.75) is 44.9 Å². The fraction of sp³-hybridized carbons (Fsp3) is 0.588. The van der Waals surface area contributed by atoms with Crippen LogP contribution < -0.4 is 5.32 Å². The first-order valence-corrected chi connectivity index (χ1v) is 8.62. The fourth-order valence-electron chi connectivity index (χ4n) is 2.93. The quantitative estimate of drug-likeness (QED) is 0.672. The normalized spacial score (nSPS) is 15.9. The van der Waals surface area contributed by atoms with Crippen LogP contribution in [0.4, 0.5) is 0 Å². The predicted octanol–water partition coefficient (Wildman–Crippen LogP) is 2.92. The van der Waals surface area contributed by atoms with E-state index in [1.807, 2.05) is 20.0 Å². The molecule has 0 unspecified atom stereocenters. The van der Waals surface area contributed by atoms with E-state index in [4.69, 9.17) is 0 Å². The summed E-state index contributed by atoms with van der Waals surface area (Å²) in [5, 5.41) is 22.5. The van der Waals surface area contributed by atoms with Gasteiger partial charge < -0.3 is 20.3 Å². The summed E-state index contributed by atoms with van der Waals surface area (Å²) >= 11 is 3.40. The molecule has 0 heterocycles. The van der Waals surface area contributed by atoms with Gasteiger partial charge in [0.1, 0.15) is 12.0 Å². The summed E-state index contributed by atoms with van der Waals surface area (Å²) in [4.78, 5) is 9.17. The molecule has 1 aliphatic carbocycles. The van der Waals surface area contributed by atoms with Gasteiger partial charge in [-0.2, -0.15) is 0 Å². The molecule has 3 N–H and O–H groups in total. The lowest BCUT2D eigenvalue weighted by molar-refractivity contribution is -0.107. The number of aldehydes is 1. The van der Waals surface area contributed by atoms with Gasteiger partial charge in [-0.3, -0.25) is 0 Å². The van der Waals surface area contributed by atoms with Crippen molar-refractivity contribution in [2.24, 2.45) is 0 Å². The number of halogens is 1. The Kier molecular flexibility index (Phi) is 8.68. The molecule has 0 saturated heterocycles. The average Bonchev–Trinajstić information content (AvgIpc) is 2.92. The number of phenolic OH excluding ortho intramolecular Hbond substituents is 1. The van der Waals surface area contributed by atoms with Crippen molar-refractivity contribution in [3.05, 3.63) is 27.2 Å². The molecular formula is C17H26BrNO3. The largest absolute Gasteiger partial charge is 0.506 e. The molecule has 1 aliphatic rings. The lowest BCUT2D eigenvalue weighted by atomic mass is 9.91. The third kappa shape index (κ3) is 4.80. The maximum Gasteiger partial charge on any atom is 0.133 e. The maximum atomic E-state index is 10.2. The van der Waals surface area contributed by atoms with Crippen molar-refractivity contribution >= 4 is 22.2 Å². The van der Waals surface area contributed by atoms with Crippen LogP contribution in [0, 0.1) is 0 Å². The number of carbonyl (C=O) groups excluding carboxylic acids is 1. The SMILES string of the molecule is CCC=O.CNCC[C@@H]1CCc2cc(Br)c(O)c(CCO)c21. The standard InChI is InChI=1S/C14H20BrNO2.C3H6O/c1-16-6-4-9-2-3-10-8-12(15)14(18)11(5-7-17)13(9)10;1-2-3-4/h8-9,16-18H,2-7H2,1H3;3H,2H2,1H3/t9-;/m0./s1. The highest BCUT2D eigenvalue weighted by molar-refractivity contribution is 9.10. The highest BCUT2D eigenvalue weighted by Crippen LogP contribution is 2.44. The number of nitrogens with one attached hydrogen (secondary N) is 1. The Morgan fingerprint density at radius 2 is 2.18 bits per heavy atom.